The van der Waals surface area contributed by atoms with E-state index in [1.54, 1.807) is 12.1 Å². The third-order valence-corrected chi connectivity index (χ3v) is 7.11. The first kappa shape index (κ1) is 22.1. The van der Waals surface area contributed by atoms with Crippen LogP contribution in [0.2, 0.25) is 15.1 Å². The van der Waals surface area contributed by atoms with Crippen LogP contribution in [0.4, 0.5) is 0 Å². The van der Waals surface area contributed by atoms with E-state index in [0.717, 1.165) is 11.1 Å². The molecule has 0 aliphatic heterocycles. The Morgan fingerprint density at radius 1 is 0.724 bits per heavy atom. The molecule has 0 saturated heterocycles. The van der Waals surface area contributed by atoms with Gasteiger partial charge >= 0.3 is 0 Å². The monoisotopic (exact) mass is 467 g/mol. The van der Waals surface area contributed by atoms with Crippen molar-refractivity contribution in [3.63, 3.8) is 0 Å². The largest absolute Gasteiger partial charge is 0.240 e. The van der Waals surface area contributed by atoms with Crippen LogP contribution in [0.1, 0.15) is 29.9 Å². The summed E-state index contributed by atoms with van der Waals surface area (Å²) >= 11 is 17.9. The maximum Gasteiger partial charge on any atom is 0.240 e. The zero-order chi connectivity index (χ0) is 21.0. The number of hydrogen-bond acceptors (Lipinski definition) is 2. The summed E-state index contributed by atoms with van der Waals surface area (Å²) in [5, 5.41) is 1.78. The SMILES string of the molecule is CC(c1ccc(Cl)cc1)C(CNS(=O)(=O)c1ccc(Cl)cc1)c1ccc(Cl)cc1. The van der Waals surface area contributed by atoms with Crippen LogP contribution in [0.15, 0.2) is 77.7 Å². The first-order valence-electron chi connectivity index (χ1n) is 9.02. The van der Waals surface area contributed by atoms with Crippen LogP contribution in [0, 0.1) is 0 Å². The lowest BCUT2D eigenvalue weighted by Crippen LogP contribution is -2.30. The van der Waals surface area contributed by atoms with E-state index in [4.69, 9.17) is 34.8 Å². The van der Waals surface area contributed by atoms with Crippen molar-refractivity contribution in [3.05, 3.63) is 99.0 Å². The first-order chi connectivity index (χ1) is 13.8. The van der Waals surface area contributed by atoms with E-state index in [-0.39, 0.29) is 23.3 Å². The maximum atomic E-state index is 12.7. The van der Waals surface area contributed by atoms with Crippen LogP contribution in [0.25, 0.3) is 0 Å². The highest BCUT2D eigenvalue weighted by Crippen LogP contribution is 2.34. The standard InChI is InChI=1S/C22H20Cl3NO2S/c1-15(16-2-6-18(23)7-3-16)22(17-4-8-19(24)9-5-17)14-26-29(27,28)21-12-10-20(25)11-13-21/h2-13,15,22,26H,14H2,1H3. The van der Waals surface area contributed by atoms with Crippen LogP contribution in [-0.2, 0) is 10.0 Å². The van der Waals surface area contributed by atoms with Gasteiger partial charge in [-0.1, -0.05) is 66.0 Å². The summed E-state index contributed by atoms with van der Waals surface area (Å²) in [6.45, 7) is 2.30. The Balaban J connectivity index is 1.87. The molecular formula is C22H20Cl3NO2S. The van der Waals surface area contributed by atoms with Crippen LogP contribution in [0.5, 0.6) is 0 Å². The average Bonchev–Trinajstić information content (AvgIpc) is 2.70. The van der Waals surface area contributed by atoms with E-state index in [9.17, 15) is 8.42 Å². The molecule has 3 nitrogen and oxygen atoms in total. The van der Waals surface area contributed by atoms with E-state index < -0.39 is 10.0 Å². The Morgan fingerprint density at radius 3 is 1.62 bits per heavy atom. The van der Waals surface area contributed by atoms with Gasteiger partial charge in [-0.2, -0.15) is 0 Å². The van der Waals surface area contributed by atoms with Gasteiger partial charge in [0, 0.05) is 27.5 Å². The third-order valence-electron chi connectivity index (χ3n) is 4.91. The van der Waals surface area contributed by atoms with Gasteiger partial charge in [-0.15, -0.1) is 0 Å². The van der Waals surface area contributed by atoms with Crippen molar-refractivity contribution >= 4 is 44.8 Å². The summed E-state index contributed by atoms with van der Waals surface area (Å²) < 4.78 is 28.2. The van der Waals surface area contributed by atoms with Crippen molar-refractivity contribution in [1.82, 2.24) is 4.72 Å². The topological polar surface area (TPSA) is 46.2 Å². The fourth-order valence-electron chi connectivity index (χ4n) is 3.19. The van der Waals surface area contributed by atoms with Gasteiger partial charge in [0.25, 0.3) is 0 Å². The lowest BCUT2D eigenvalue weighted by Gasteiger charge is -2.25. The molecule has 3 aromatic rings. The van der Waals surface area contributed by atoms with Crippen molar-refractivity contribution in [3.8, 4) is 0 Å². The Hall–Kier alpha value is -1.56. The lowest BCUT2D eigenvalue weighted by molar-refractivity contribution is 0.539. The molecule has 0 aliphatic carbocycles. The molecule has 0 aromatic heterocycles. The van der Waals surface area contributed by atoms with Crippen molar-refractivity contribution in [1.29, 1.82) is 0 Å². The quantitative estimate of drug-likeness (QED) is 0.429. The van der Waals surface area contributed by atoms with Gasteiger partial charge in [0.15, 0.2) is 0 Å². The number of nitrogens with one attached hydrogen (secondary N) is 1. The van der Waals surface area contributed by atoms with E-state index in [2.05, 4.69) is 11.6 Å². The molecule has 152 valence electrons. The zero-order valence-corrected chi connectivity index (χ0v) is 18.7. The third kappa shape index (κ3) is 5.74. The molecule has 3 rings (SSSR count). The minimum Gasteiger partial charge on any atom is -0.211 e. The van der Waals surface area contributed by atoms with Crippen LogP contribution >= 0.6 is 34.8 Å². The molecule has 7 heteroatoms. The molecule has 29 heavy (non-hydrogen) atoms. The Labute approximate surface area is 186 Å². The number of sulfonamides is 1. The highest BCUT2D eigenvalue weighted by Gasteiger charge is 2.24. The molecular weight excluding hydrogens is 449 g/mol. The molecule has 2 unspecified atom stereocenters. The van der Waals surface area contributed by atoms with Gasteiger partial charge in [-0.25, -0.2) is 13.1 Å². The van der Waals surface area contributed by atoms with Gasteiger partial charge in [-0.3, -0.25) is 0 Å². The van der Waals surface area contributed by atoms with Crippen molar-refractivity contribution in [2.24, 2.45) is 0 Å². The molecule has 0 saturated carbocycles. The van der Waals surface area contributed by atoms with Gasteiger partial charge in [0.05, 0.1) is 4.90 Å². The average molecular weight is 469 g/mol. The van der Waals surface area contributed by atoms with Gasteiger partial charge in [-0.05, 0) is 65.6 Å². The maximum absolute atomic E-state index is 12.7. The fourth-order valence-corrected chi connectivity index (χ4v) is 4.63. The van der Waals surface area contributed by atoms with Crippen LogP contribution < -0.4 is 4.72 Å². The lowest BCUT2D eigenvalue weighted by atomic mass is 9.83. The Morgan fingerprint density at radius 2 is 1.14 bits per heavy atom. The molecule has 1 N–H and O–H groups in total. The van der Waals surface area contributed by atoms with Crippen molar-refractivity contribution < 1.29 is 8.42 Å². The molecule has 0 heterocycles. The zero-order valence-electron chi connectivity index (χ0n) is 15.6. The summed E-state index contributed by atoms with van der Waals surface area (Å²) in [6.07, 6.45) is 0. The highest BCUT2D eigenvalue weighted by molar-refractivity contribution is 7.89. The number of rotatable bonds is 7. The number of halogens is 3. The summed E-state index contributed by atoms with van der Waals surface area (Å²) in [6, 6.07) is 21.2. The second-order valence-corrected chi connectivity index (χ2v) is 9.88. The van der Waals surface area contributed by atoms with E-state index in [0.29, 0.717) is 15.1 Å². The molecule has 0 amide bonds. The smallest absolute Gasteiger partial charge is 0.211 e. The van der Waals surface area contributed by atoms with Crippen molar-refractivity contribution in [2.75, 3.05) is 6.54 Å². The highest BCUT2D eigenvalue weighted by atomic mass is 35.5. The number of benzene rings is 3. The van der Waals surface area contributed by atoms with E-state index in [1.807, 2.05) is 48.5 Å². The molecule has 3 aromatic carbocycles. The minimum absolute atomic E-state index is 0.0429. The molecule has 2 atom stereocenters. The molecule has 0 fully saturated rings. The van der Waals surface area contributed by atoms with Gasteiger partial charge < -0.3 is 0 Å². The normalized spacial score (nSPS) is 13.8. The number of hydrogen-bond donors (Lipinski definition) is 1. The summed E-state index contributed by atoms with van der Waals surface area (Å²) in [5.74, 6) is -0.0584. The summed E-state index contributed by atoms with van der Waals surface area (Å²) in [4.78, 5) is 0.177. The molecule has 0 bridgehead atoms. The predicted octanol–water partition coefficient (Wildman–Crippen LogP) is 6.51. The fraction of sp³-hybridized carbons (Fsp3) is 0.182. The van der Waals surface area contributed by atoms with Gasteiger partial charge in [0.2, 0.25) is 10.0 Å². The Bertz CT molecular complexity index is 1050. The summed E-state index contributed by atoms with van der Waals surface area (Å²) in [5.41, 5.74) is 2.07. The molecule has 0 aliphatic rings. The van der Waals surface area contributed by atoms with Gasteiger partial charge in [0.1, 0.15) is 0 Å². The second kappa shape index (κ2) is 9.50. The van der Waals surface area contributed by atoms with E-state index in [1.165, 1.54) is 12.1 Å². The first-order valence-corrected chi connectivity index (χ1v) is 11.6. The molecule has 0 spiro atoms. The predicted molar refractivity (Wildman–Crippen MR) is 121 cm³/mol. The van der Waals surface area contributed by atoms with Crippen LogP contribution in [0.3, 0.4) is 0 Å². The van der Waals surface area contributed by atoms with Crippen LogP contribution in [-0.4, -0.2) is 15.0 Å². The Kier molecular flexibility index (Phi) is 7.25. The van der Waals surface area contributed by atoms with Crippen molar-refractivity contribution in [2.45, 2.75) is 23.7 Å². The summed E-state index contributed by atoms with van der Waals surface area (Å²) in [7, 11) is -3.67. The minimum atomic E-state index is -3.67. The van der Waals surface area contributed by atoms with E-state index >= 15 is 0 Å². The molecule has 0 radical (unpaired) electrons. The second-order valence-electron chi connectivity index (χ2n) is 6.80.